The van der Waals surface area contributed by atoms with Gasteiger partial charge in [0.25, 0.3) is 0 Å². The summed E-state index contributed by atoms with van der Waals surface area (Å²) in [5.74, 6) is 0.824. The zero-order valence-corrected chi connectivity index (χ0v) is 11.5. The van der Waals surface area contributed by atoms with Crippen LogP contribution in [0.25, 0.3) is 0 Å². The molecule has 1 amide bonds. The van der Waals surface area contributed by atoms with Gasteiger partial charge in [0.05, 0.1) is 10.9 Å². The molecule has 0 saturated heterocycles. The van der Waals surface area contributed by atoms with E-state index in [4.69, 9.17) is 18.0 Å². The van der Waals surface area contributed by atoms with Crippen LogP contribution in [0.5, 0.6) is 0 Å². The molecule has 0 spiro atoms. The molecular weight excluding hydrogens is 232 g/mol. The first-order chi connectivity index (χ1) is 8.00. The van der Waals surface area contributed by atoms with Crippen molar-refractivity contribution >= 4 is 23.1 Å². The largest absolute Gasteiger partial charge is 0.393 e. The van der Waals surface area contributed by atoms with Crippen LogP contribution in [0.1, 0.15) is 39.5 Å². The molecule has 2 N–H and O–H groups in total. The topological polar surface area (TPSA) is 46.3 Å². The van der Waals surface area contributed by atoms with Crippen molar-refractivity contribution in [3.05, 3.63) is 0 Å². The van der Waals surface area contributed by atoms with E-state index in [0.717, 1.165) is 25.3 Å². The van der Waals surface area contributed by atoms with Crippen LogP contribution in [0.4, 0.5) is 0 Å². The monoisotopic (exact) mass is 254 g/mol. The molecular formula is C13H22N2OS. The maximum Gasteiger partial charge on any atom is 0.233 e. The van der Waals surface area contributed by atoms with Crippen molar-refractivity contribution in [3.8, 4) is 0 Å². The lowest BCUT2D eigenvalue weighted by molar-refractivity contribution is -0.135. The molecule has 4 heteroatoms. The van der Waals surface area contributed by atoms with E-state index in [9.17, 15) is 4.79 Å². The van der Waals surface area contributed by atoms with E-state index in [-0.39, 0.29) is 17.7 Å². The van der Waals surface area contributed by atoms with Crippen molar-refractivity contribution in [2.24, 2.45) is 23.5 Å². The van der Waals surface area contributed by atoms with E-state index in [1.165, 1.54) is 12.8 Å². The Labute approximate surface area is 109 Å². The zero-order valence-electron chi connectivity index (χ0n) is 10.7. The molecule has 0 aromatic rings. The second-order valence-electron chi connectivity index (χ2n) is 5.79. The second-order valence-corrected chi connectivity index (χ2v) is 6.26. The lowest BCUT2D eigenvalue weighted by atomic mass is 9.94. The average Bonchev–Trinajstić information content (AvgIpc) is 3.07. The summed E-state index contributed by atoms with van der Waals surface area (Å²) in [6.07, 6.45) is 4.85. The lowest BCUT2D eigenvalue weighted by Gasteiger charge is -2.29. The first-order valence-electron chi connectivity index (χ1n) is 6.60. The van der Waals surface area contributed by atoms with Gasteiger partial charge >= 0.3 is 0 Å². The minimum absolute atomic E-state index is 0.168. The first kappa shape index (κ1) is 12.8. The van der Waals surface area contributed by atoms with Gasteiger partial charge in [0.15, 0.2) is 0 Å². The van der Waals surface area contributed by atoms with Crippen molar-refractivity contribution in [1.82, 2.24) is 4.90 Å². The molecule has 1 atom stereocenters. The molecule has 0 aromatic heterocycles. The number of rotatable bonds is 6. The number of nitrogens with zero attached hydrogens (tertiary/aromatic N) is 1. The number of carbonyl (C=O) groups excluding carboxylic acids is 1. The van der Waals surface area contributed by atoms with Crippen LogP contribution in [-0.2, 0) is 4.79 Å². The molecule has 2 rings (SSSR count). The van der Waals surface area contributed by atoms with Crippen molar-refractivity contribution < 1.29 is 4.79 Å². The third-order valence-electron chi connectivity index (χ3n) is 3.66. The quantitative estimate of drug-likeness (QED) is 0.737. The highest BCUT2D eigenvalue weighted by atomic mass is 32.1. The van der Waals surface area contributed by atoms with Crippen molar-refractivity contribution in [1.29, 1.82) is 0 Å². The van der Waals surface area contributed by atoms with E-state index in [2.05, 4.69) is 4.90 Å². The number of nitrogens with two attached hydrogens (primary N) is 1. The molecule has 1 unspecified atom stereocenters. The number of carbonyl (C=O) groups is 1. The Kier molecular flexibility index (Phi) is 3.71. The van der Waals surface area contributed by atoms with Gasteiger partial charge in [-0.1, -0.05) is 26.1 Å². The van der Waals surface area contributed by atoms with Crippen LogP contribution >= 0.6 is 12.2 Å². The fourth-order valence-electron chi connectivity index (χ4n) is 2.30. The molecule has 17 heavy (non-hydrogen) atoms. The van der Waals surface area contributed by atoms with E-state index in [1.54, 1.807) is 0 Å². The molecule has 2 fully saturated rings. The second kappa shape index (κ2) is 4.92. The normalized spacial score (nSPS) is 21.4. The third kappa shape index (κ3) is 3.18. The minimum atomic E-state index is -0.274. The summed E-state index contributed by atoms with van der Waals surface area (Å²) < 4.78 is 0. The van der Waals surface area contributed by atoms with Gasteiger partial charge in [-0.2, -0.15) is 0 Å². The van der Waals surface area contributed by atoms with E-state index >= 15 is 0 Å². The number of hydrogen-bond acceptors (Lipinski definition) is 2. The van der Waals surface area contributed by atoms with Gasteiger partial charge in [0, 0.05) is 12.6 Å². The molecule has 2 aliphatic rings. The Morgan fingerprint density at radius 1 is 1.35 bits per heavy atom. The molecule has 0 aromatic carbocycles. The Hall–Kier alpha value is -0.640. The Balaban J connectivity index is 2.04. The summed E-state index contributed by atoms with van der Waals surface area (Å²) >= 11 is 5.06. The van der Waals surface area contributed by atoms with Crippen molar-refractivity contribution in [2.75, 3.05) is 6.54 Å². The van der Waals surface area contributed by atoms with Crippen LogP contribution in [0.15, 0.2) is 0 Å². The summed E-state index contributed by atoms with van der Waals surface area (Å²) in [4.78, 5) is 14.9. The minimum Gasteiger partial charge on any atom is -0.393 e. The Bertz CT molecular complexity index is 321. The SMILES string of the molecule is CC(C)C(C(=O)N(CC1CC1)C1CC1)C(N)=S. The smallest absolute Gasteiger partial charge is 0.233 e. The van der Waals surface area contributed by atoms with Crippen molar-refractivity contribution in [2.45, 2.75) is 45.6 Å². The predicted molar refractivity (Wildman–Crippen MR) is 72.6 cm³/mol. The molecule has 2 saturated carbocycles. The summed E-state index contributed by atoms with van der Waals surface area (Å²) in [6, 6.07) is 0.471. The summed E-state index contributed by atoms with van der Waals surface area (Å²) in [7, 11) is 0. The highest BCUT2D eigenvalue weighted by molar-refractivity contribution is 7.80. The van der Waals surface area contributed by atoms with Gasteiger partial charge < -0.3 is 10.6 Å². The standard InChI is InChI=1S/C13H22N2OS/c1-8(2)11(12(14)17)13(16)15(10-5-6-10)7-9-3-4-9/h8-11H,3-7H2,1-2H3,(H2,14,17). The average molecular weight is 254 g/mol. The summed E-state index contributed by atoms with van der Waals surface area (Å²) in [6.45, 7) is 4.96. The van der Waals surface area contributed by atoms with Crippen LogP contribution in [0, 0.1) is 17.8 Å². The lowest BCUT2D eigenvalue weighted by Crippen LogP contribution is -2.45. The third-order valence-corrected chi connectivity index (χ3v) is 3.92. The van der Waals surface area contributed by atoms with E-state index in [0.29, 0.717) is 11.0 Å². The van der Waals surface area contributed by atoms with Crippen LogP contribution < -0.4 is 5.73 Å². The van der Waals surface area contributed by atoms with Gasteiger partial charge in [-0.05, 0) is 37.5 Å². The number of hydrogen-bond donors (Lipinski definition) is 1. The van der Waals surface area contributed by atoms with E-state index in [1.807, 2.05) is 13.8 Å². The fourth-order valence-corrected chi connectivity index (χ4v) is 2.67. The van der Waals surface area contributed by atoms with E-state index < -0.39 is 0 Å². The molecule has 0 aliphatic heterocycles. The first-order valence-corrected chi connectivity index (χ1v) is 7.01. The van der Waals surface area contributed by atoms with Gasteiger partial charge in [0.2, 0.25) is 5.91 Å². The highest BCUT2D eigenvalue weighted by Gasteiger charge is 2.40. The van der Waals surface area contributed by atoms with Gasteiger partial charge in [-0.25, -0.2) is 0 Å². The Morgan fingerprint density at radius 2 is 1.94 bits per heavy atom. The van der Waals surface area contributed by atoms with Gasteiger partial charge in [0.1, 0.15) is 0 Å². The maximum atomic E-state index is 12.5. The van der Waals surface area contributed by atoms with Crippen LogP contribution in [0.2, 0.25) is 0 Å². The molecule has 0 radical (unpaired) electrons. The van der Waals surface area contributed by atoms with Crippen molar-refractivity contribution in [3.63, 3.8) is 0 Å². The van der Waals surface area contributed by atoms with Gasteiger partial charge in [-0.15, -0.1) is 0 Å². The Morgan fingerprint density at radius 3 is 2.29 bits per heavy atom. The predicted octanol–water partition coefficient (Wildman–Crippen LogP) is 1.95. The molecule has 3 nitrogen and oxygen atoms in total. The number of amides is 1. The van der Waals surface area contributed by atoms with Crippen LogP contribution in [0.3, 0.4) is 0 Å². The molecule has 0 bridgehead atoms. The zero-order chi connectivity index (χ0) is 12.6. The maximum absolute atomic E-state index is 12.5. The highest BCUT2D eigenvalue weighted by Crippen LogP contribution is 2.36. The van der Waals surface area contributed by atoms with Crippen LogP contribution in [-0.4, -0.2) is 28.4 Å². The summed E-state index contributed by atoms with van der Waals surface area (Å²) in [5.41, 5.74) is 5.73. The molecule has 96 valence electrons. The fraction of sp³-hybridized carbons (Fsp3) is 0.846. The molecule has 2 aliphatic carbocycles. The number of thiocarbonyl (C=S) groups is 1. The molecule has 0 heterocycles. The summed E-state index contributed by atoms with van der Waals surface area (Å²) in [5, 5.41) is 0. The van der Waals surface area contributed by atoms with Gasteiger partial charge in [-0.3, -0.25) is 4.79 Å².